The highest BCUT2D eigenvalue weighted by Gasteiger charge is 2.19. The molecule has 0 aliphatic carbocycles. The van der Waals surface area contributed by atoms with Gasteiger partial charge in [0.15, 0.2) is 11.6 Å². The highest BCUT2D eigenvalue weighted by atomic mass is 14.9. The van der Waals surface area contributed by atoms with Crippen LogP contribution < -0.4 is 0 Å². The maximum absolute atomic E-state index is 5.31. The van der Waals surface area contributed by atoms with Gasteiger partial charge in [-0.15, -0.1) is 0 Å². The van der Waals surface area contributed by atoms with Gasteiger partial charge in [0, 0.05) is 80.1 Å². The fourth-order valence-electron chi connectivity index (χ4n) is 15.9. The molecule has 0 unspecified atom stereocenters. The first-order valence-electron chi connectivity index (χ1n) is 37.9. The summed E-state index contributed by atoms with van der Waals surface area (Å²) in [5.74, 6) is 1.36. The summed E-state index contributed by atoms with van der Waals surface area (Å²) in [6.07, 6.45) is 7.74. The molecule has 4 heterocycles. The van der Waals surface area contributed by atoms with Crippen molar-refractivity contribution in [3.05, 3.63) is 413 Å². The van der Waals surface area contributed by atoms with E-state index in [1.807, 2.05) is 24.8 Å². The zero-order valence-electron chi connectivity index (χ0n) is 60.9. The van der Waals surface area contributed by atoms with E-state index in [0.29, 0.717) is 11.6 Å². The van der Waals surface area contributed by atoms with Crippen molar-refractivity contribution in [2.75, 3.05) is 0 Å². The van der Waals surface area contributed by atoms with E-state index in [4.69, 9.17) is 19.9 Å². The number of pyridine rings is 2. The lowest BCUT2D eigenvalue weighted by Gasteiger charge is -2.14. The first-order chi connectivity index (χ1) is 55.4. The number of hydrogen-bond acceptors (Lipinski definition) is 6. The summed E-state index contributed by atoms with van der Waals surface area (Å²) >= 11 is 0. The smallest absolute Gasteiger partial charge is 0.160 e. The van der Waals surface area contributed by atoms with Gasteiger partial charge in [-0.1, -0.05) is 340 Å². The lowest BCUT2D eigenvalue weighted by atomic mass is 9.92. The van der Waals surface area contributed by atoms with Crippen LogP contribution in [0, 0.1) is 0 Å². The molecule has 0 saturated heterocycles. The van der Waals surface area contributed by atoms with E-state index in [0.717, 1.165) is 111 Å². The molecule has 0 radical (unpaired) electrons. The lowest BCUT2D eigenvalue weighted by Crippen LogP contribution is -1.96. The van der Waals surface area contributed by atoms with Crippen molar-refractivity contribution < 1.29 is 0 Å². The number of hydrogen-bond donors (Lipinski definition) is 0. The molecule has 0 N–H and O–H groups in total. The first-order valence-corrected chi connectivity index (χ1v) is 37.9. The number of rotatable bonds is 12. The number of nitrogens with zero attached hydrogens (tertiary/aromatic N) is 6. The highest BCUT2D eigenvalue weighted by Crippen LogP contribution is 2.41. The number of benzene rings is 17. The Morgan fingerprint density at radius 3 is 0.991 bits per heavy atom. The zero-order chi connectivity index (χ0) is 74.3. The number of aromatic nitrogens is 6. The second kappa shape index (κ2) is 29.0. The minimum Gasteiger partial charge on any atom is -0.263 e. The van der Waals surface area contributed by atoms with Crippen molar-refractivity contribution >= 4 is 75.4 Å². The largest absolute Gasteiger partial charge is 0.263 e. The first kappa shape index (κ1) is 66.5. The summed E-state index contributed by atoms with van der Waals surface area (Å²) in [7, 11) is 0. The van der Waals surface area contributed by atoms with Gasteiger partial charge in [0.25, 0.3) is 0 Å². The van der Waals surface area contributed by atoms with E-state index < -0.39 is 0 Å². The molecule has 0 fully saturated rings. The molecule has 0 aliphatic rings. The zero-order valence-corrected chi connectivity index (χ0v) is 60.9. The van der Waals surface area contributed by atoms with Crippen molar-refractivity contribution in [2.24, 2.45) is 0 Å². The van der Waals surface area contributed by atoms with Crippen molar-refractivity contribution in [1.82, 2.24) is 29.9 Å². The van der Waals surface area contributed by atoms with Crippen LogP contribution >= 0.6 is 0 Å². The highest BCUT2D eigenvalue weighted by molar-refractivity contribution is 6.14. The molecule has 0 saturated carbocycles. The Hall–Kier alpha value is -15.0. The van der Waals surface area contributed by atoms with Gasteiger partial charge < -0.3 is 0 Å². The third-order valence-electron chi connectivity index (χ3n) is 21.7. The Bertz CT molecular complexity index is 7030. The van der Waals surface area contributed by atoms with Crippen LogP contribution in [0.4, 0.5) is 0 Å². The van der Waals surface area contributed by atoms with Gasteiger partial charge in [-0.25, -0.2) is 19.9 Å². The summed E-state index contributed by atoms with van der Waals surface area (Å²) in [5.41, 5.74) is 23.3. The second-order valence-electron chi connectivity index (χ2n) is 28.6. The average molecular weight is 1430 g/mol. The lowest BCUT2D eigenvalue weighted by molar-refractivity contribution is 1.18. The maximum Gasteiger partial charge on any atom is 0.160 e. The summed E-state index contributed by atoms with van der Waals surface area (Å²) in [6, 6.07) is 138. The molecule has 112 heavy (non-hydrogen) atoms. The summed E-state index contributed by atoms with van der Waals surface area (Å²) in [4.78, 5) is 30.1. The van der Waals surface area contributed by atoms with E-state index in [1.54, 1.807) is 0 Å². The molecule has 4 aromatic heterocycles. The summed E-state index contributed by atoms with van der Waals surface area (Å²) < 4.78 is 0. The van der Waals surface area contributed by atoms with Crippen LogP contribution in [0.3, 0.4) is 0 Å². The molecule has 21 aromatic rings. The minimum absolute atomic E-state index is 0.679. The predicted molar refractivity (Wildman–Crippen MR) is 467 cm³/mol. The van der Waals surface area contributed by atoms with Gasteiger partial charge in [-0.2, -0.15) is 0 Å². The monoisotopic (exact) mass is 1420 g/mol. The van der Waals surface area contributed by atoms with E-state index in [-0.39, 0.29) is 0 Å². The third-order valence-corrected chi connectivity index (χ3v) is 21.7. The predicted octanol–water partition coefficient (Wildman–Crippen LogP) is 27.8. The van der Waals surface area contributed by atoms with Gasteiger partial charge in [-0.3, -0.25) is 9.97 Å². The molecule has 522 valence electrons. The van der Waals surface area contributed by atoms with Gasteiger partial charge in [0.05, 0.1) is 22.8 Å². The van der Waals surface area contributed by atoms with Gasteiger partial charge in [0.1, 0.15) is 0 Å². The van der Waals surface area contributed by atoms with E-state index in [1.165, 1.54) is 86.9 Å². The quantitative estimate of drug-likeness (QED) is 0.113. The standard InChI is InChI=1S/C55H35N3.C51H33N3/c1-2-12-39-29-41(28-23-36(39)11-1)40-15-9-17-44(30-40)54-33-53(38-26-24-37(25-27-38)52-35-56-34-46-14-4-6-20-48(46)52)57-55(58-54)45-18-10-16-42(31-45)51-32-43-13-3-5-19-47(43)49-21-7-8-22-50(49)51;1-2-11-40-29-42(28-19-34(40)9-1)41-14-7-15-43(30-41)50-31-49(38-24-20-37(21-25-38)48-33-52-32-44-12-4-6-17-47(44)48)53-51(54-50)39-26-22-36(23-27-39)46-18-8-13-35-10-3-5-16-45(35)46/h1-35H;1-33H. The van der Waals surface area contributed by atoms with Crippen LogP contribution in [0.2, 0.25) is 0 Å². The number of fused-ring (bicyclic) bond motifs is 8. The Morgan fingerprint density at radius 1 is 0.134 bits per heavy atom. The molecule has 0 aliphatic heterocycles. The molecular weight excluding hydrogens is 1360 g/mol. The Morgan fingerprint density at radius 2 is 0.464 bits per heavy atom. The fraction of sp³-hybridized carbons (Fsp3) is 0. The second-order valence-corrected chi connectivity index (χ2v) is 28.6. The Labute approximate surface area is 648 Å². The van der Waals surface area contributed by atoms with Crippen LogP contribution in [-0.4, -0.2) is 29.9 Å². The average Bonchev–Trinajstić information content (AvgIpc) is 0.763. The van der Waals surface area contributed by atoms with Gasteiger partial charge in [-0.05, 0) is 169 Å². The van der Waals surface area contributed by atoms with Crippen molar-refractivity contribution in [1.29, 1.82) is 0 Å². The van der Waals surface area contributed by atoms with Gasteiger partial charge in [0.2, 0.25) is 0 Å². The minimum atomic E-state index is 0.679. The molecule has 0 spiro atoms. The summed E-state index contributed by atoms with van der Waals surface area (Å²) in [5, 5.41) is 16.9. The third kappa shape index (κ3) is 13.0. The SMILES string of the molecule is c1cc(-c2ccc3ccccc3c2)cc(-c2cc(-c3ccc(-c4cncc5ccccc45)cc3)nc(-c3ccc(-c4cccc5ccccc45)cc3)n2)c1.c1cc(-c2ccc3ccccc3c2)cc(-c2cc(-c3ccc(-c4cncc5ccccc45)cc3)nc(-c3cccc(-c4cc5ccccc5c5ccccc45)c3)n2)c1. The van der Waals surface area contributed by atoms with Crippen LogP contribution in [-0.2, 0) is 0 Å². The van der Waals surface area contributed by atoms with Crippen LogP contribution in [0.5, 0.6) is 0 Å². The molecule has 0 bridgehead atoms. The molecule has 6 heteroatoms. The molecular formula is C106H68N6. The van der Waals surface area contributed by atoms with Crippen LogP contribution in [0.15, 0.2) is 413 Å². The Kier molecular flexibility index (Phi) is 17.2. The topological polar surface area (TPSA) is 77.3 Å². The van der Waals surface area contributed by atoms with Crippen molar-refractivity contribution in [3.8, 4) is 135 Å². The molecule has 0 amide bonds. The molecule has 6 nitrogen and oxygen atoms in total. The van der Waals surface area contributed by atoms with Crippen molar-refractivity contribution in [3.63, 3.8) is 0 Å². The summed E-state index contributed by atoms with van der Waals surface area (Å²) in [6.45, 7) is 0. The normalized spacial score (nSPS) is 11.4. The Balaban J connectivity index is 0.000000146. The fourth-order valence-corrected chi connectivity index (χ4v) is 15.9. The van der Waals surface area contributed by atoms with Crippen LogP contribution in [0.25, 0.3) is 210 Å². The van der Waals surface area contributed by atoms with E-state index in [2.05, 4.69) is 398 Å². The maximum atomic E-state index is 5.31. The van der Waals surface area contributed by atoms with E-state index >= 15 is 0 Å². The molecule has 0 atom stereocenters. The van der Waals surface area contributed by atoms with Crippen molar-refractivity contribution in [2.45, 2.75) is 0 Å². The van der Waals surface area contributed by atoms with Gasteiger partial charge >= 0.3 is 0 Å². The molecule has 21 rings (SSSR count). The van der Waals surface area contributed by atoms with E-state index in [9.17, 15) is 0 Å². The molecule has 17 aromatic carbocycles. The van der Waals surface area contributed by atoms with Crippen LogP contribution in [0.1, 0.15) is 0 Å².